The fourth-order valence-electron chi connectivity index (χ4n) is 1.91. The third kappa shape index (κ3) is 3.13. The summed E-state index contributed by atoms with van der Waals surface area (Å²) in [6.07, 6.45) is 1.62. The lowest BCUT2D eigenvalue weighted by molar-refractivity contribution is 0.586. The van der Waals surface area contributed by atoms with Crippen LogP contribution in [0.2, 0.25) is 5.02 Å². The first-order chi connectivity index (χ1) is 8.52. The number of halogens is 1. The van der Waals surface area contributed by atoms with E-state index in [9.17, 15) is 8.42 Å². The Morgan fingerprint density at radius 2 is 2.11 bits per heavy atom. The molecule has 1 saturated heterocycles. The SMILES string of the molecule is CNCc1cc(N2CCS(=O)(=O)CC2)ncc1Cl. The minimum atomic E-state index is -2.86. The average molecular weight is 290 g/mol. The molecule has 0 saturated carbocycles. The van der Waals surface area contributed by atoms with Crippen LogP contribution in [0.5, 0.6) is 0 Å². The normalized spacial score (nSPS) is 18.9. The molecule has 1 aliphatic rings. The maximum Gasteiger partial charge on any atom is 0.153 e. The fourth-order valence-corrected chi connectivity index (χ4v) is 3.28. The van der Waals surface area contributed by atoms with E-state index in [0.29, 0.717) is 24.7 Å². The molecule has 7 heteroatoms. The van der Waals surface area contributed by atoms with Crippen LogP contribution in [-0.4, -0.2) is 45.0 Å². The Kier molecular flexibility index (Phi) is 4.09. The number of hydrogen-bond acceptors (Lipinski definition) is 5. The van der Waals surface area contributed by atoms with Gasteiger partial charge in [0, 0.05) is 25.8 Å². The van der Waals surface area contributed by atoms with Gasteiger partial charge in [0.15, 0.2) is 9.84 Å². The molecule has 100 valence electrons. The molecule has 1 fully saturated rings. The molecular formula is C11H16ClN3O2S. The Bertz CT molecular complexity index is 519. The van der Waals surface area contributed by atoms with E-state index >= 15 is 0 Å². The van der Waals surface area contributed by atoms with Crippen molar-refractivity contribution in [1.29, 1.82) is 0 Å². The second kappa shape index (κ2) is 5.42. The van der Waals surface area contributed by atoms with Crippen LogP contribution in [0.4, 0.5) is 5.82 Å². The summed E-state index contributed by atoms with van der Waals surface area (Å²) in [6.45, 7) is 1.66. The van der Waals surface area contributed by atoms with Crippen LogP contribution < -0.4 is 10.2 Å². The second-order valence-electron chi connectivity index (χ2n) is 4.30. The van der Waals surface area contributed by atoms with Crippen molar-refractivity contribution in [3.8, 4) is 0 Å². The highest BCUT2D eigenvalue weighted by atomic mass is 35.5. The van der Waals surface area contributed by atoms with Gasteiger partial charge in [-0.25, -0.2) is 13.4 Å². The van der Waals surface area contributed by atoms with Gasteiger partial charge in [-0.3, -0.25) is 0 Å². The van der Waals surface area contributed by atoms with Gasteiger partial charge >= 0.3 is 0 Å². The summed E-state index contributed by atoms with van der Waals surface area (Å²) < 4.78 is 22.7. The predicted octanol–water partition coefficient (Wildman–Crippen LogP) is 0.689. The van der Waals surface area contributed by atoms with Crippen molar-refractivity contribution in [1.82, 2.24) is 10.3 Å². The minimum absolute atomic E-state index is 0.193. The first kappa shape index (κ1) is 13.6. The van der Waals surface area contributed by atoms with Crippen LogP contribution in [-0.2, 0) is 16.4 Å². The number of nitrogens with one attached hydrogen (secondary N) is 1. The first-order valence-electron chi connectivity index (χ1n) is 5.76. The largest absolute Gasteiger partial charge is 0.355 e. The average Bonchev–Trinajstić information content (AvgIpc) is 2.32. The molecule has 1 aromatic rings. The standard InChI is InChI=1S/C11H16ClN3O2S/c1-13-7-9-6-11(14-8-10(9)12)15-2-4-18(16,17)5-3-15/h6,8,13H,2-5,7H2,1H3. The van der Waals surface area contributed by atoms with Crippen LogP contribution in [0.3, 0.4) is 0 Å². The maximum absolute atomic E-state index is 11.4. The molecule has 0 radical (unpaired) electrons. The minimum Gasteiger partial charge on any atom is -0.355 e. The highest BCUT2D eigenvalue weighted by molar-refractivity contribution is 7.91. The number of nitrogens with zero attached hydrogens (tertiary/aromatic N) is 2. The van der Waals surface area contributed by atoms with Crippen molar-refractivity contribution < 1.29 is 8.42 Å². The van der Waals surface area contributed by atoms with Gasteiger partial charge in [0.2, 0.25) is 0 Å². The van der Waals surface area contributed by atoms with Gasteiger partial charge in [-0.15, -0.1) is 0 Å². The maximum atomic E-state index is 11.4. The molecule has 0 bridgehead atoms. The summed E-state index contributed by atoms with van der Waals surface area (Å²) in [7, 11) is -1.01. The number of aromatic nitrogens is 1. The zero-order valence-corrected chi connectivity index (χ0v) is 11.8. The number of pyridine rings is 1. The molecule has 0 spiro atoms. The highest BCUT2D eigenvalue weighted by Gasteiger charge is 2.22. The number of sulfone groups is 1. The van der Waals surface area contributed by atoms with Crippen LogP contribution in [0.25, 0.3) is 0 Å². The fraction of sp³-hybridized carbons (Fsp3) is 0.545. The van der Waals surface area contributed by atoms with Crippen molar-refractivity contribution >= 4 is 27.3 Å². The molecule has 2 heterocycles. The molecule has 1 aromatic heterocycles. The van der Waals surface area contributed by atoms with Gasteiger partial charge in [0.05, 0.1) is 16.5 Å². The Balaban J connectivity index is 2.17. The molecule has 2 rings (SSSR count). The Morgan fingerprint density at radius 3 is 2.72 bits per heavy atom. The lowest BCUT2D eigenvalue weighted by atomic mass is 10.2. The summed E-state index contributed by atoms with van der Waals surface area (Å²) in [5.74, 6) is 1.18. The predicted molar refractivity (Wildman–Crippen MR) is 72.9 cm³/mol. The Labute approximate surface area is 112 Å². The van der Waals surface area contributed by atoms with E-state index in [4.69, 9.17) is 11.6 Å². The van der Waals surface area contributed by atoms with Crippen molar-refractivity contribution in [2.24, 2.45) is 0 Å². The summed E-state index contributed by atoms with van der Waals surface area (Å²) >= 11 is 6.04. The number of hydrogen-bond donors (Lipinski definition) is 1. The van der Waals surface area contributed by atoms with Crippen LogP contribution >= 0.6 is 11.6 Å². The van der Waals surface area contributed by atoms with E-state index in [1.54, 1.807) is 6.20 Å². The third-order valence-electron chi connectivity index (χ3n) is 2.96. The molecule has 0 aromatic carbocycles. The van der Waals surface area contributed by atoms with Gasteiger partial charge < -0.3 is 10.2 Å². The quantitative estimate of drug-likeness (QED) is 0.887. The van der Waals surface area contributed by atoms with E-state index in [1.807, 2.05) is 18.0 Å². The number of rotatable bonds is 3. The third-order valence-corrected chi connectivity index (χ3v) is 4.91. The summed E-state index contributed by atoms with van der Waals surface area (Å²) in [5.41, 5.74) is 0.970. The molecule has 0 atom stereocenters. The van der Waals surface area contributed by atoms with Crippen LogP contribution in [0.1, 0.15) is 5.56 Å². The van der Waals surface area contributed by atoms with Gasteiger partial charge in [-0.1, -0.05) is 11.6 Å². The molecule has 1 N–H and O–H groups in total. The van der Waals surface area contributed by atoms with E-state index in [-0.39, 0.29) is 11.5 Å². The van der Waals surface area contributed by atoms with Crippen LogP contribution in [0, 0.1) is 0 Å². The van der Waals surface area contributed by atoms with E-state index in [1.165, 1.54) is 0 Å². The molecule has 0 unspecified atom stereocenters. The molecule has 5 nitrogen and oxygen atoms in total. The topological polar surface area (TPSA) is 62.3 Å². The second-order valence-corrected chi connectivity index (χ2v) is 7.01. The smallest absolute Gasteiger partial charge is 0.153 e. The first-order valence-corrected chi connectivity index (χ1v) is 7.96. The van der Waals surface area contributed by atoms with E-state index in [0.717, 1.165) is 11.4 Å². The van der Waals surface area contributed by atoms with Crippen LogP contribution in [0.15, 0.2) is 12.3 Å². The zero-order chi connectivity index (χ0) is 13.2. The highest BCUT2D eigenvalue weighted by Crippen LogP contribution is 2.21. The molecule has 1 aliphatic heterocycles. The zero-order valence-electron chi connectivity index (χ0n) is 10.2. The van der Waals surface area contributed by atoms with Gasteiger partial charge in [0.1, 0.15) is 5.82 Å². The summed E-state index contributed by atoms with van der Waals surface area (Å²) in [6, 6.07) is 1.91. The Hall–Kier alpha value is -0.850. The lowest BCUT2D eigenvalue weighted by Gasteiger charge is -2.28. The van der Waals surface area contributed by atoms with Gasteiger partial charge in [-0.2, -0.15) is 0 Å². The van der Waals surface area contributed by atoms with Crippen molar-refractivity contribution in [3.63, 3.8) is 0 Å². The van der Waals surface area contributed by atoms with E-state index < -0.39 is 9.84 Å². The lowest BCUT2D eigenvalue weighted by Crippen LogP contribution is -2.40. The van der Waals surface area contributed by atoms with Crippen molar-refractivity contribution in [3.05, 3.63) is 22.8 Å². The number of anilines is 1. The van der Waals surface area contributed by atoms with Crippen molar-refractivity contribution in [2.75, 3.05) is 36.5 Å². The molecular weight excluding hydrogens is 274 g/mol. The van der Waals surface area contributed by atoms with E-state index in [2.05, 4.69) is 10.3 Å². The van der Waals surface area contributed by atoms with Crippen molar-refractivity contribution in [2.45, 2.75) is 6.54 Å². The monoisotopic (exact) mass is 289 g/mol. The Morgan fingerprint density at radius 1 is 1.44 bits per heavy atom. The van der Waals surface area contributed by atoms with Gasteiger partial charge in [0.25, 0.3) is 0 Å². The summed E-state index contributed by atoms with van der Waals surface area (Å²) in [5, 5.41) is 3.66. The molecule has 18 heavy (non-hydrogen) atoms. The molecule has 0 amide bonds. The molecule has 0 aliphatic carbocycles. The van der Waals surface area contributed by atoms with Gasteiger partial charge in [-0.05, 0) is 18.7 Å². The summed E-state index contributed by atoms with van der Waals surface area (Å²) in [4.78, 5) is 6.25.